The minimum absolute atomic E-state index is 0.0278. The topological polar surface area (TPSA) is 61.4 Å². The third-order valence-electron chi connectivity index (χ3n) is 3.54. The minimum Gasteiger partial charge on any atom is -0.396 e. The highest BCUT2D eigenvalue weighted by molar-refractivity contribution is 7.12. The molecular formula is C16H28N2O2S. The van der Waals surface area contributed by atoms with E-state index >= 15 is 0 Å². The van der Waals surface area contributed by atoms with Crippen molar-refractivity contribution >= 4 is 17.4 Å². The number of thiophene rings is 1. The molecule has 4 nitrogen and oxygen atoms in total. The molecule has 0 saturated carbocycles. The van der Waals surface area contributed by atoms with Crippen LogP contribution in [0.4, 0.5) is 4.79 Å². The molecule has 0 fully saturated rings. The Labute approximate surface area is 132 Å². The Bertz CT molecular complexity index is 457. The van der Waals surface area contributed by atoms with Gasteiger partial charge in [-0.3, -0.25) is 0 Å². The number of carbonyl (C=O) groups is 1. The second kappa shape index (κ2) is 8.39. The smallest absolute Gasteiger partial charge is 0.315 e. The second-order valence-electron chi connectivity index (χ2n) is 5.97. The number of urea groups is 1. The molecule has 2 unspecified atom stereocenters. The van der Waals surface area contributed by atoms with Gasteiger partial charge in [0.05, 0.1) is 6.04 Å². The molecule has 3 N–H and O–H groups in total. The van der Waals surface area contributed by atoms with Gasteiger partial charge in [0.15, 0.2) is 0 Å². The summed E-state index contributed by atoms with van der Waals surface area (Å²) in [7, 11) is 0. The van der Waals surface area contributed by atoms with Crippen LogP contribution in [0.1, 0.15) is 55.0 Å². The summed E-state index contributed by atoms with van der Waals surface area (Å²) in [5.41, 5.74) is 1.21. The number of nitrogens with one attached hydrogen (secondary N) is 2. The average Bonchev–Trinajstić information content (AvgIpc) is 2.72. The molecule has 1 aromatic heterocycles. The van der Waals surface area contributed by atoms with Crippen molar-refractivity contribution in [2.24, 2.45) is 5.92 Å². The predicted octanol–water partition coefficient (Wildman–Crippen LogP) is 3.52. The number of amides is 2. The molecule has 0 aliphatic rings. The zero-order chi connectivity index (χ0) is 16.0. The summed E-state index contributed by atoms with van der Waals surface area (Å²) in [5.74, 6) is 0.330. The van der Waals surface area contributed by atoms with Gasteiger partial charge in [0.1, 0.15) is 0 Å². The summed E-state index contributed by atoms with van der Waals surface area (Å²) in [5, 5.41) is 14.8. The molecular weight excluding hydrogens is 284 g/mol. The van der Waals surface area contributed by atoms with Crippen LogP contribution in [0.5, 0.6) is 0 Å². The first kappa shape index (κ1) is 18.0. The quantitative estimate of drug-likeness (QED) is 0.721. The van der Waals surface area contributed by atoms with Gasteiger partial charge in [-0.1, -0.05) is 13.8 Å². The Morgan fingerprint density at radius 1 is 1.29 bits per heavy atom. The van der Waals surface area contributed by atoms with Gasteiger partial charge in [0.25, 0.3) is 0 Å². The van der Waals surface area contributed by atoms with E-state index in [2.05, 4.69) is 44.4 Å². The van der Waals surface area contributed by atoms with E-state index in [1.807, 2.05) is 6.92 Å². The van der Waals surface area contributed by atoms with Crippen LogP contribution >= 0.6 is 11.3 Å². The number of aryl methyl sites for hydroxylation is 2. The summed E-state index contributed by atoms with van der Waals surface area (Å²) in [4.78, 5) is 14.7. The number of rotatable bonds is 7. The lowest BCUT2D eigenvalue weighted by molar-refractivity contribution is 0.227. The summed E-state index contributed by atoms with van der Waals surface area (Å²) >= 11 is 1.77. The molecule has 0 spiro atoms. The Morgan fingerprint density at radius 2 is 1.95 bits per heavy atom. The predicted molar refractivity (Wildman–Crippen MR) is 88.8 cm³/mol. The monoisotopic (exact) mass is 312 g/mol. The fraction of sp³-hybridized carbons (Fsp3) is 0.688. The fourth-order valence-electron chi connectivity index (χ4n) is 2.44. The first-order valence-corrected chi connectivity index (χ1v) is 8.41. The highest BCUT2D eigenvalue weighted by atomic mass is 32.1. The van der Waals surface area contributed by atoms with Gasteiger partial charge < -0.3 is 15.7 Å². The van der Waals surface area contributed by atoms with E-state index in [1.54, 1.807) is 11.3 Å². The summed E-state index contributed by atoms with van der Waals surface area (Å²) in [6, 6.07) is 2.12. The molecule has 0 aliphatic carbocycles. The van der Waals surface area contributed by atoms with Crippen LogP contribution in [0.15, 0.2) is 6.07 Å². The van der Waals surface area contributed by atoms with E-state index in [0.717, 1.165) is 6.42 Å². The SMILES string of the molecule is Cc1cc(C(NC(=O)NC(C)CCCO)C(C)C)c(C)s1. The largest absolute Gasteiger partial charge is 0.396 e. The molecule has 1 rings (SSSR count). The van der Waals surface area contributed by atoms with Crippen molar-refractivity contribution in [2.75, 3.05) is 6.61 Å². The van der Waals surface area contributed by atoms with Gasteiger partial charge in [0.2, 0.25) is 0 Å². The van der Waals surface area contributed by atoms with Crippen molar-refractivity contribution in [3.63, 3.8) is 0 Å². The van der Waals surface area contributed by atoms with Gasteiger partial charge in [-0.05, 0) is 51.2 Å². The van der Waals surface area contributed by atoms with Crippen molar-refractivity contribution in [1.29, 1.82) is 0 Å². The minimum atomic E-state index is -0.137. The van der Waals surface area contributed by atoms with Crippen molar-refractivity contribution in [2.45, 2.75) is 59.5 Å². The Kier molecular flexibility index (Phi) is 7.18. The number of hydrogen-bond donors (Lipinski definition) is 3. The number of aliphatic hydroxyl groups is 1. The first-order chi connectivity index (χ1) is 9.85. The van der Waals surface area contributed by atoms with Crippen molar-refractivity contribution < 1.29 is 9.90 Å². The summed E-state index contributed by atoms with van der Waals surface area (Å²) < 4.78 is 0. The lowest BCUT2D eigenvalue weighted by atomic mass is 9.96. The van der Waals surface area contributed by atoms with E-state index in [9.17, 15) is 4.79 Å². The van der Waals surface area contributed by atoms with Crippen LogP contribution in [-0.4, -0.2) is 23.8 Å². The Balaban J connectivity index is 2.67. The van der Waals surface area contributed by atoms with Gasteiger partial charge >= 0.3 is 6.03 Å². The molecule has 0 aliphatic heterocycles. The molecule has 1 aromatic rings. The van der Waals surface area contributed by atoms with E-state index in [0.29, 0.717) is 12.3 Å². The van der Waals surface area contributed by atoms with Gasteiger partial charge in [-0.15, -0.1) is 11.3 Å². The standard InChI is InChI=1S/C16H28N2O2S/c1-10(2)15(14-9-12(4)21-13(14)5)18-16(20)17-11(3)7-6-8-19/h9-11,15,19H,6-8H2,1-5H3,(H2,17,18,20). The molecule has 0 aromatic carbocycles. The van der Waals surface area contributed by atoms with E-state index in [1.165, 1.54) is 15.3 Å². The Hall–Kier alpha value is -1.07. The zero-order valence-corrected chi connectivity index (χ0v) is 14.5. The van der Waals surface area contributed by atoms with E-state index < -0.39 is 0 Å². The highest BCUT2D eigenvalue weighted by Gasteiger charge is 2.22. The molecule has 5 heteroatoms. The molecule has 0 radical (unpaired) electrons. The molecule has 0 bridgehead atoms. The average molecular weight is 312 g/mol. The first-order valence-electron chi connectivity index (χ1n) is 7.60. The normalized spacial score (nSPS) is 14.0. The number of carbonyl (C=O) groups excluding carboxylic acids is 1. The lowest BCUT2D eigenvalue weighted by Crippen LogP contribution is -2.43. The number of hydrogen-bond acceptors (Lipinski definition) is 3. The van der Waals surface area contributed by atoms with Gasteiger partial charge in [0, 0.05) is 22.4 Å². The Morgan fingerprint density at radius 3 is 2.43 bits per heavy atom. The van der Waals surface area contributed by atoms with Gasteiger partial charge in [-0.25, -0.2) is 4.79 Å². The maximum absolute atomic E-state index is 12.1. The van der Waals surface area contributed by atoms with Crippen molar-refractivity contribution in [1.82, 2.24) is 10.6 Å². The van der Waals surface area contributed by atoms with Crippen LogP contribution in [0, 0.1) is 19.8 Å². The number of aliphatic hydroxyl groups excluding tert-OH is 1. The van der Waals surface area contributed by atoms with E-state index in [4.69, 9.17) is 5.11 Å². The third-order valence-corrected chi connectivity index (χ3v) is 4.52. The highest BCUT2D eigenvalue weighted by Crippen LogP contribution is 2.30. The molecule has 120 valence electrons. The fourth-order valence-corrected chi connectivity index (χ4v) is 3.41. The van der Waals surface area contributed by atoms with Gasteiger partial charge in [-0.2, -0.15) is 0 Å². The molecule has 2 amide bonds. The zero-order valence-electron chi connectivity index (χ0n) is 13.7. The summed E-state index contributed by atoms with van der Waals surface area (Å²) in [6.45, 7) is 10.6. The summed E-state index contributed by atoms with van der Waals surface area (Å²) in [6.07, 6.45) is 1.49. The van der Waals surface area contributed by atoms with Crippen LogP contribution < -0.4 is 10.6 Å². The van der Waals surface area contributed by atoms with Crippen LogP contribution in [-0.2, 0) is 0 Å². The molecule has 2 atom stereocenters. The van der Waals surface area contributed by atoms with E-state index in [-0.39, 0.29) is 24.7 Å². The maximum Gasteiger partial charge on any atom is 0.315 e. The molecule has 1 heterocycles. The van der Waals surface area contributed by atoms with Crippen LogP contribution in [0.25, 0.3) is 0 Å². The van der Waals surface area contributed by atoms with Crippen LogP contribution in [0.3, 0.4) is 0 Å². The van der Waals surface area contributed by atoms with Crippen molar-refractivity contribution in [3.8, 4) is 0 Å². The van der Waals surface area contributed by atoms with Crippen molar-refractivity contribution in [3.05, 3.63) is 21.4 Å². The molecule has 21 heavy (non-hydrogen) atoms. The maximum atomic E-state index is 12.1. The second-order valence-corrected chi connectivity index (χ2v) is 7.44. The third kappa shape index (κ3) is 5.67. The lowest BCUT2D eigenvalue weighted by Gasteiger charge is -2.24. The molecule has 0 saturated heterocycles. The van der Waals surface area contributed by atoms with Crippen LogP contribution in [0.2, 0.25) is 0 Å².